The Kier molecular flexibility index (Phi) is 3.64. The Labute approximate surface area is 117 Å². The van der Waals surface area contributed by atoms with E-state index in [2.05, 4.69) is 61.0 Å². The van der Waals surface area contributed by atoms with Gasteiger partial charge in [0.1, 0.15) is 0 Å². The van der Waals surface area contributed by atoms with Gasteiger partial charge in [-0.25, -0.2) is 0 Å². The number of hydrogen-bond donors (Lipinski definition) is 0. The zero-order valence-electron chi connectivity index (χ0n) is 12.4. The van der Waals surface area contributed by atoms with Crippen molar-refractivity contribution in [1.82, 2.24) is 9.80 Å². The summed E-state index contributed by atoms with van der Waals surface area (Å²) in [6, 6.07) is 11.7. The molecular formula is C17H26N2. The summed E-state index contributed by atoms with van der Waals surface area (Å²) < 4.78 is 0. The minimum Gasteiger partial charge on any atom is -0.306 e. The summed E-state index contributed by atoms with van der Waals surface area (Å²) in [5.41, 5.74) is 1.46. The van der Waals surface area contributed by atoms with Gasteiger partial charge in [-0.2, -0.15) is 0 Å². The van der Waals surface area contributed by atoms with Crippen LogP contribution in [0.5, 0.6) is 0 Å². The average Bonchev–Trinajstić information content (AvgIpc) is 2.85. The van der Waals surface area contributed by atoms with Crippen molar-refractivity contribution < 1.29 is 0 Å². The summed E-state index contributed by atoms with van der Waals surface area (Å²) in [5, 5.41) is 0. The molecule has 2 heterocycles. The highest BCUT2D eigenvalue weighted by atomic mass is 15.2. The molecule has 2 fully saturated rings. The lowest BCUT2D eigenvalue weighted by molar-refractivity contribution is 0.156. The van der Waals surface area contributed by atoms with Crippen molar-refractivity contribution in [3.63, 3.8) is 0 Å². The SMILES string of the molecule is CC(C)[C@@H]1[C@H]2CN(C)C[C@H]2CN1Cc1ccccc1. The van der Waals surface area contributed by atoms with Gasteiger partial charge in [0, 0.05) is 32.2 Å². The number of rotatable bonds is 3. The van der Waals surface area contributed by atoms with Gasteiger partial charge < -0.3 is 4.90 Å². The standard InChI is InChI=1S/C17H26N2/c1-13(2)17-16-12-18(3)10-15(16)11-19(17)9-14-7-5-4-6-8-14/h4-8,13,15-17H,9-12H2,1-3H3/t15-,16-,17+/m0/s1. The predicted octanol–water partition coefficient (Wildman–Crippen LogP) is 2.70. The Balaban J connectivity index is 1.75. The monoisotopic (exact) mass is 258 g/mol. The van der Waals surface area contributed by atoms with Crippen LogP contribution in [0.3, 0.4) is 0 Å². The van der Waals surface area contributed by atoms with Crippen molar-refractivity contribution in [2.24, 2.45) is 17.8 Å². The Bertz CT molecular complexity index is 415. The van der Waals surface area contributed by atoms with E-state index in [-0.39, 0.29) is 0 Å². The fourth-order valence-corrected chi connectivity index (χ4v) is 4.30. The third-order valence-corrected chi connectivity index (χ3v) is 4.92. The van der Waals surface area contributed by atoms with E-state index in [1.165, 1.54) is 25.2 Å². The number of benzene rings is 1. The van der Waals surface area contributed by atoms with E-state index >= 15 is 0 Å². The van der Waals surface area contributed by atoms with Gasteiger partial charge in [-0.3, -0.25) is 4.90 Å². The van der Waals surface area contributed by atoms with Crippen LogP contribution in [0.4, 0.5) is 0 Å². The van der Waals surface area contributed by atoms with Gasteiger partial charge in [-0.1, -0.05) is 44.2 Å². The number of fused-ring (bicyclic) bond motifs is 1. The molecular weight excluding hydrogens is 232 g/mol. The summed E-state index contributed by atoms with van der Waals surface area (Å²) in [5.74, 6) is 2.53. The molecule has 2 aliphatic heterocycles. The quantitative estimate of drug-likeness (QED) is 0.822. The molecule has 0 aromatic heterocycles. The van der Waals surface area contributed by atoms with Gasteiger partial charge in [0.2, 0.25) is 0 Å². The van der Waals surface area contributed by atoms with E-state index in [1.807, 2.05) is 0 Å². The topological polar surface area (TPSA) is 6.48 Å². The molecule has 0 bridgehead atoms. The lowest BCUT2D eigenvalue weighted by Gasteiger charge is -2.31. The normalized spacial score (nSPS) is 32.1. The molecule has 0 amide bonds. The molecule has 2 heteroatoms. The van der Waals surface area contributed by atoms with Crippen molar-refractivity contribution in [1.29, 1.82) is 0 Å². The smallest absolute Gasteiger partial charge is 0.0237 e. The van der Waals surface area contributed by atoms with Gasteiger partial charge in [0.05, 0.1) is 0 Å². The molecule has 3 rings (SSSR count). The van der Waals surface area contributed by atoms with Crippen molar-refractivity contribution in [2.45, 2.75) is 26.4 Å². The minimum absolute atomic E-state index is 0.755. The average molecular weight is 258 g/mol. The largest absolute Gasteiger partial charge is 0.306 e. The zero-order chi connectivity index (χ0) is 13.4. The second-order valence-corrected chi connectivity index (χ2v) is 6.79. The molecule has 0 spiro atoms. The maximum atomic E-state index is 2.74. The van der Waals surface area contributed by atoms with Crippen LogP contribution >= 0.6 is 0 Å². The van der Waals surface area contributed by atoms with Crippen molar-refractivity contribution in [2.75, 3.05) is 26.7 Å². The first-order valence-corrected chi connectivity index (χ1v) is 7.61. The molecule has 0 unspecified atom stereocenters. The molecule has 0 radical (unpaired) electrons. The molecule has 0 saturated carbocycles. The number of likely N-dealkylation sites (tertiary alicyclic amines) is 2. The highest BCUT2D eigenvalue weighted by Gasteiger charge is 2.46. The predicted molar refractivity (Wildman–Crippen MR) is 80.0 cm³/mol. The third kappa shape index (κ3) is 2.56. The van der Waals surface area contributed by atoms with Crippen LogP contribution in [-0.2, 0) is 6.54 Å². The number of nitrogens with zero attached hydrogens (tertiary/aromatic N) is 2. The van der Waals surface area contributed by atoms with Crippen molar-refractivity contribution >= 4 is 0 Å². The minimum atomic E-state index is 0.755. The first-order chi connectivity index (χ1) is 9.15. The summed E-state index contributed by atoms with van der Waals surface area (Å²) >= 11 is 0. The first-order valence-electron chi connectivity index (χ1n) is 7.61. The molecule has 0 aliphatic carbocycles. The summed E-state index contributed by atoms with van der Waals surface area (Å²) in [4.78, 5) is 5.26. The van der Waals surface area contributed by atoms with E-state index in [0.29, 0.717) is 0 Å². The first kappa shape index (κ1) is 13.1. The van der Waals surface area contributed by atoms with Gasteiger partial charge in [-0.15, -0.1) is 0 Å². The van der Waals surface area contributed by atoms with Gasteiger partial charge >= 0.3 is 0 Å². The highest BCUT2D eigenvalue weighted by molar-refractivity contribution is 5.15. The summed E-state index contributed by atoms with van der Waals surface area (Å²) in [6.45, 7) is 9.78. The maximum Gasteiger partial charge on any atom is 0.0237 e. The van der Waals surface area contributed by atoms with Crippen LogP contribution in [0.25, 0.3) is 0 Å². The maximum absolute atomic E-state index is 2.74. The third-order valence-electron chi connectivity index (χ3n) is 4.92. The van der Waals surface area contributed by atoms with Crippen LogP contribution in [0.15, 0.2) is 30.3 Å². The van der Waals surface area contributed by atoms with Crippen LogP contribution < -0.4 is 0 Å². The van der Waals surface area contributed by atoms with Crippen molar-refractivity contribution in [3.8, 4) is 0 Å². The Hall–Kier alpha value is -0.860. The lowest BCUT2D eigenvalue weighted by atomic mass is 9.87. The molecule has 1 aromatic carbocycles. The van der Waals surface area contributed by atoms with E-state index in [1.54, 1.807) is 0 Å². The molecule has 2 nitrogen and oxygen atoms in total. The zero-order valence-corrected chi connectivity index (χ0v) is 12.4. The second kappa shape index (κ2) is 5.26. The van der Waals surface area contributed by atoms with Crippen LogP contribution in [-0.4, -0.2) is 42.5 Å². The van der Waals surface area contributed by atoms with Crippen LogP contribution in [0.1, 0.15) is 19.4 Å². The van der Waals surface area contributed by atoms with E-state index in [0.717, 1.165) is 30.3 Å². The second-order valence-electron chi connectivity index (χ2n) is 6.79. The summed E-state index contributed by atoms with van der Waals surface area (Å²) in [7, 11) is 2.28. The van der Waals surface area contributed by atoms with Gasteiger partial charge in [0.25, 0.3) is 0 Å². The van der Waals surface area contributed by atoms with E-state index < -0.39 is 0 Å². The van der Waals surface area contributed by atoms with Gasteiger partial charge in [0.15, 0.2) is 0 Å². The Morgan fingerprint density at radius 3 is 2.53 bits per heavy atom. The van der Waals surface area contributed by atoms with Crippen molar-refractivity contribution in [3.05, 3.63) is 35.9 Å². The Morgan fingerprint density at radius 1 is 1.11 bits per heavy atom. The summed E-state index contributed by atoms with van der Waals surface area (Å²) in [6.07, 6.45) is 0. The van der Waals surface area contributed by atoms with Crippen LogP contribution in [0.2, 0.25) is 0 Å². The molecule has 1 aromatic rings. The molecule has 3 atom stereocenters. The van der Waals surface area contributed by atoms with E-state index in [9.17, 15) is 0 Å². The Morgan fingerprint density at radius 2 is 1.84 bits per heavy atom. The van der Waals surface area contributed by atoms with E-state index in [4.69, 9.17) is 0 Å². The fourth-order valence-electron chi connectivity index (χ4n) is 4.30. The van der Waals surface area contributed by atoms with Crippen LogP contribution in [0, 0.1) is 17.8 Å². The fraction of sp³-hybridized carbons (Fsp3) is 0.647. The number of hydrogen-bond acceptors (Lipinski definition) is 2. The molecule has 19 heavy (non-hydrogen) atoms. The molecule has 104 valence electrons. The molecule has 2 saturated heterocycles. The van der Waals surface area contributed by atoms with Gasteiger partial charge in [-0.05, 0) is 30.4 Å². The molecule has 0 N–H and O–H groups in total. The molecule has 2 aliphatic rings. The highest BCUT2D eigenvalue weighted by Crippen LogP contribution is 2.39. The lowest BCUT2D eigenvalue weighted by Crippen LogP contribution is -2.39.